The lowest BCUT2D eigenvalue weighted by atomic mass is 9.64. The highest BCUT2D eigenvalue weighted by molar-refractivity contribution is 5.95. The Bertz CT molecular complexity index is 1000. The highest BCUT2D eigenvalue weighted by Gasteiger charge is 2.66. The maximum absolute atomic E-state index is 12.1. The standard InChI is InChI=1S/C28H38O5/c1-15(2)12-17-21-25(32)18(13-29)24(31)19(14-30)26(21)33-28(6)11-7-8-16(3)9-10-20-23(22(17)28)27(20,4)5/h8,13-15,17,20,22-23,31-32H,7,9-12H2,1-6H3/t17-,20+,22+,23-,28+/m1/s1. The summed E-state index contributed by atoms with van der Waals surface area (Å²) in [5, 5.41) is 21.8. The molecule has 0 radical (unpaired) electrons. The largest absolute Gasteiger partial charge is 0.507 e. The van der Waals surface area contributed by atoms with Crippen molar-refractivity contribution in [2.24, 2.45) is 29.1 Å². The summed E-state index contributed by atoms with van der Waals surface area (Å²) in [6.45, 7) is 13.3. The minimum Gasteiger partial charge on any atom is -0.507 e. The number of hydrogen-bond acceptors (Lipinski definition) is 5. The van der Waals surface area contributed by atoms with Crippen LogP contribution in [0, 0.1) is 29.1 Å². The summed E-state index contributed by atoms with van der Waals surface area (Å²) in [6.07, 6.45) is 7.99. The second-order valence-corrected chi connectivity index (χ2v) is 11.8. The first-order valence-electron chi connectivity index (χ1n) is 12.3. The van der Waals surface area contributed by atoms with E-state index < -0.39 is 11.4 Å². The van der Waals surface area contributed by atoms with Crippen LogP contribution >= 0.6 is 0 Å². The van der Waals surface area contributed by atoms with E-state index in [1.807, 2.05) is 0 Å². The molecule has 33 heavy (non-hydrogen) atoms. The predicted octanol–water partition coefficient (Wildman–Crippen LogP) is 6.41. The smallest absolute Gasteiger partial charge is 0.157 e. The van der Waals surface area contributed by atoms with Crippen LogP contribution in [0.15, 0.2) is 11.6 Å². The third kappa shape index (κ3) is 3.68. The second-order valence-electron chi connectivity index (χ2n) is 11.8. The zero-order valence-corrected chi connectivity index (χ0v) is 20.8. The van der Waals surface area contributed by atoms with Gasteiger partial charge in [-0.15, -0.1) is 0 Å². The first kappa shape index (κ1) is 23.8. The fraction of sp³-hybridized carbons (Fsp3) is 0.643. The molecule has 3 aliphatic rings. The molecule has 0 amide bonds. The molecule has 0 spiro atoms. The number of phenols is 2. The molecule has 1 aromatic carbocycles. The van der Waals surface area contributed by atoms with Gasteiger partial charge < -0.3 is 14.9 Å². The van der Waals surface area contributed by atoms with Gasteiger partial charge in [-0.2, -0.15) is 0 Å². The summed E-state index contributed by atoms with van der Waals surface area (Å²) in [4.78, 5) is 23.9. The van der Waals surface area contributed by atoms with E-state index in [9.17, 15) is 19.8 Å². The number of ether oxygens (including phenoxy) is 1. The lowest BCUT2D eigenvalue weighted by molar-refractivity contribution is -0.0348. The van der Waals surface area contributed by atoms with Crippen LogP contribution in [0.25, 0.3) is 0 Å². The van der Waals surface area contributed by atoms with Crippen molar-refractivity contribution in [3.05, 3.63) is 28.3 Å². The molecule has 2 aliphatic carbocycles. The van der Waals surface area contributed by atoms with E-state index >= 15 is 0 Å². The quantitative estimate of drug-likeness (QED) is 0.405. The van der Waals surface area contributed by atoms with Gasteiger partial charge in [-0.25, -0.2) is 0 Å². The van der Waals surface area contributed by atoms with Gasteiger partial charge in [-0.3, -0.25) is 9.59 Å². The van der Waals surface area contributed by atoms with E-state index in [0.717, 1.165) is 32.1 Å². The zero-order chi connectivity index (χ0) is 24.3. The van der Waals surface area contributed by atoms with Crippen molar-refractivity contribution in [3.8, 4) is 17.2 Å². The van der Waals surface area contributed by atoms with Gasteiger partial charge in [0.15, 0.2) is 12.6 Å². The summed E-state index contributed by atoms with van der Waals surface area (Å²) in [5.41, 5.74) is 1.28. The zero-order valence-electron chi connectivity index (χ0n) is 20.8. The van der Waals surface area contributed by atoms with Gasteiger partial charge >= 0.3 is 0 Å². The first-order valence-corrected chi connectivity index (χ1v) is 12.3. The van der Waals surface area contributed by atoms with Crippen molar-refractivity contribution in [1.29, 1.82) is 0 Å². The van der Waals surface area contributed by atoms with E-state index in [2.05, 4.69) is 47.6 Å². The molecule has 180 valence electrons. The molecule has 0 aromatic heterocycles. The Morgan fingerprint density at radius 2 is 1.76 bits per heavy atom. The number of allylic oxidation sites excluding steroid dienone is 2. The number of aldehydes is 2. The molecule has 0 unspecified atom stereocenters. The third-order valence-electron chi connectivity index (χ3n) is 8.82. The molecular weight excluding hydrogens is 416 g/mol. The lowest BCUT2D eigenvalue weighted by Crippen LogP contribution is -2.49. The molecule has 1 saturated carbocycles. The molecule has 1 heterocycles. The predicted molar refractivity (Wildman–Crippen MR) is 128 cm³/mol. The van der Waals surface area contributed by atoms with Crippen LogP contribution in [0.3, 0.4) is 0 Å². The normalized spacial score (nSPS) is 32.5. The monoisotopic (exact) mass is 454 g/mol. The van der Waals surface area contributed by atoms with Crippen LogP contribution in [0.4, 0.5) is 0 Å². The molecule has 5 atom stereocenters. The Morgan fingerprint density at radius 1 is 1.09 bits per heavy atom. The fourth-order valence-electron chi connectivity index (χ4n) is 7.11. The van der Waals surface area contributed by atoms with E-state index in [-0.39, 0.29) is 39.9 Å². The third-order valence-corrected chi connectivity index (χ3v) is 8.82. The number of fused-ring (bicyclic) bond motifs is 4. The summed E-state index contributed by atoms with van der Waals surface area (Å²) in [5.74, 6) is 0.888. The fourth-order valence-corrected chi connectivity index (χ4v) is 7.11. The first-order chi connectivity index (χ1) is 15.5. The van der Waals surface area contributed by atoms with E-state index in [0.29, 0.717) is 35.9 Å². The highest BCUT2D eigenvalue weighted by Crippen LogP contribution is 2.71. The van der Waals surface area contributed by atoms with Gasteiger partial charge in [0.1, 0.15) is 22.8 Å². The molecule has 1 aliphatic heterocycles. The van der Waals surface area contributed by atoms with Crippen molar-refractivity contribution < 1.29 is 24.5 Å². The van der Waals surface area contributed by atoms with Gasteiger partial charge in [0.25, 0.3) is 0 Å². The molecule has 0 bridgehead atoms. The maximum atomic E-state index is 12.1. The summed E-state index contributed by atoms with van der Waals surface area (Å²) >= 11 is 0. The van der Waals surface area contributed by atoms with Crippen LogP contribution in [0.1, 0.15) is 106 Å². The molecule has 1 aromatic rings. The van der Waals surface area contributed by atoms with Crippen molar-refractivity contribution >= 4 is 12.6 Å². The number of carbonyl (C=O) groups excluding carboxylic acids is 2. The van der Waals surface area contributed by atoms with Crippen LogP contribution in [0.2, 0.25) is 0 Å². The van der Waals surface area contributed by atoms with Crippen LogP contribution in [0.5, 0.6) is 17.2 Å². The Kier molecular flexibility index (Phi) is 5.91. The Hall–Kier alpha value is -2.30. The average Bonchev–Trinajstić information content (AvgIpc) is 3.25. The Labute approximate surface area is 197 Å². The van der Waals surface area contributed by atoms with Crippen molar-refractivity contribution in [2.45, 2.75) is 85.2 Å². The lowest BCUT2D eigenvalue weighted by Gasteiger charge is -2.49. The van der Waals surface area contributed by atoms with E-state index in [1.54, 1.807) is 0 Å². The molecule has 1 fully saturated rings. The SMILES string of the molecule is CC1=CCC[C@]2(C)Oc3c(C=O)c(O)c(C=O)c(O)c3[C@@H](CC(C)C)[C@H]2[C@H]2[C@H](CC1)C2(C)C. The molecular formula is C28H38O5. The average molecular weight is 455 g/mol. The van der Waals surface area contributed by atoms with Gasteiger partial charge in [0.05, 0.1) is 11.1 Å². The topological polar surface area (TPSA) is 83.8 Å². The van der Waals surface area contributed by atoms with Crippen molar-refractivity contribution in [1.82, 2.24) is 0 Å². The summed E-state index contributed by atoms with van der Waals surface area (Å²) < 4.78 is 6.68. The van der Waals surface area contributed by atoms with Crippen LogP contribution in [-0.2, 0) is 0 Å². The molecule has 0 saturated heterocycles. The number of hydrogen-bond donors (Lipinski definition) is 2. The van der Waals surface area contributed by atoms with E-state index in [4.69, 9.17) is 4.74 Å². The van der Waals surface area contributed by atoms with Crippen LogP contribution < -0.4 is 4.74 Å². The number of carbonyl (C=O) groups is 2. The summed E-state index contributed by atoms with van der Waals surface area (Å²) in [6, 6.07) is 0. The summed E-state index contributed by atoms with van der Waals surface area (Å²) in [7, 11) is 0. The number of phenolic OH excluding ortho intramolecular Hbond substituents is 2. The van der Waals surface area contributed by atoms with Gasteiger partial charge in [0, 0.05) is 11.5 Å². The molecule has 5 heteroatoms. The van der Waals surface area contributed by atoms with Gasteiger partial charge in [-0.05, 0) is 75.0 Å². The minimum atomic E-state index is -0.559. The number of benzene rings is 1. The molecule has 5 nitrogen and oxygen atoms in total. The number of rotatable bonds is 4. The van der Waals surface area contributed by atoms with E-state index in [1.165, 1.54) is 5.57 Å². The number of aromatic hydroxyl groups is 2. The Balaban J connectivity index is 1.98. The molecule has 4 rings (SSSR count). The minimum absolute atomic E-state index is 0.0336. The maximum Gasteiger partial charge on any atom is 0.157 e. The second kappa shape index (κ2) is 8.18. The van der Waals surface area contributed by atoms with Crippen molar-refractivity contribution in [3.63, 3.8) is 0 Å². The molecule has 2 N–H and O–H groups in total. The van der Waals surface area contributed by atoms with Crippen LogP contribution in [-0.4, -0.2) is 28.4 Å². The van der Waals surface area contributed by atoms with Crippen molar-refractivity contribution in [2.75, 3.05) is 0 Å². The Morgan fingerprint density at radius 3 is 2.36 bits per heavy atom. The van der Waals surface area contributed by atoms with Gasteiger partial charge in [-0.1, -0.05) is 39.3 Å². The highest BCUT2D eigenvalue weighted by atomic mass is 16.5. The van der Waals surface area contributed by atoms with Gasteiger partial charge in [0.2, 0.25) is 0 Å².